The molecule has 1 unspecified atom stereocenters. The molecule has 0 saturated carbocycles. The van der Waals surface area contributed by atoms with Gasteiger partial charge in [0, 0.05) is 43.6 Å². The highest BCUT2D eigenvalue weighted by Crippen LogP contribution is 2.21. The Kier molecular flexibility index (Phi) is 6.03. The summed E-state index contributed by atoms with van der Waals surface area (Å²) in [6.07, 6.45) is 7.92. The molecule has 2 aromatic rings. The number of rotatable bonds is 6. The normalized spacial score (nSPS) is 20.2. The number of hydrogen-bond donors (Lipinski definition) is 1. The van der Waals surface area contributed by atoms with Crippen LogP contribution in [0.15, 0.2) is 29.5 Å². The number of thioether (sulfide) groups is 1. The molecule has 144 valence electrons. The second kappa shape index (κ2) is 8.84. The van der Waals surface area contributed by atoms with Crippen molar-refractivity contribution in [1.82, 2.24) is 24.6 Å². The zero-order chi connectivity index (χ0) is 18.5. The molecule has 2 aliphatic heterocycles. The molecule has 0 aliphatic carbocycles. The van der Waals surface area contributed by atoms with E-state index in [0.29, 0.717) is 12.6 Å². The predicted molar refractivity (Wildman–Crippen MR) is 108 cm³/mol. The number of aryl methyl sites for hydroxylation is 1. The number of hydrogen-bond acceptors (Lipinski definition) is 7. The van der Waals surface area contributed by atoms with Gasteiger partial charge in [-0.3, -0.25) is 9.69 Å². The van der Waals surface area contributed by atoms with Crippen molar-refractivity contribution in [3.8, 4) is 0 Å². The van der Waals surface area contributed by atoms with Crippen molar-refractivity contribution in [2.45, 2.75) is 44.0 Å². The third kappa shape index (κ3) is 4.68. The van der Waals surface area contributed by atoms with E-state index in [2.05, 4.69) is 25.3 Å². The first-order chi connectivity index (χ1) is 13.3. The van der Waals surface area contributed by atoms with Crippen molar-refractivity contribution >= 4 is 17.6 Å². The SMILES string of the molecule is O=c1cc2c(nn1CCN1CCCCC1CNc1ccncn1)CCSC2. The van der Waals surface area contributed by atoms with Crippen molar-refractivity contribution in [3.05, 3.63) is 46.3 Å². The zero-order valence-corrected chi connectivity index (χ0v) is 16.3. The first kappa shape index (κ1) is 18.4. The Morgan fingerprint density at radius 3 is 3.15 bits per heavy atom. The maximum Gasteiger partial charge on any atom is 0.267 e. The van der Waals surface area contributed by atoms with Crippen molar-refractivity contribution in [2.75, 3.05) is 30.7 Å². The highest BCUT2D eigenvalue weighted by molar-refractivity contribution is 7.98. The average Bonchev–Trinajstić information content (AvgIpc) is 2.72. The molecule has 0 radical (unpaired) electrons. The number of anilines is 1. The molecule has 0 aromatic carbocycles. The van der Waals surface area contributed by atoms with Gasteiger partial charge < -0.3 is 5.32 Å². The standard InChI is InChI=1S/C19H26N6OS/c26-19-11-15-13-27-10-5-17(15)23-25(19)9-8-24-7-2-1-3-16(24)12-21-18-4-6-20-14-22-18/h4,6,11,14,16H,1-3,5,7-10,12-13H2,(H,20,21,22). The molecule has 0 bridgehead atoms. The van der Waals surface area contributed by atoms with E-state index in [4.69, 9.17) is 0 Å². The summed E-state index contributed by atoms with van der Waals surface area (Å²) < 4.78 is 1.67. The summed E-state index contributed by atoms with van der Waals surface area (Å²) >= 11 is 1.88. The summed E-state index contributed by atoms with van der Waals surface area (Å²) in [6, 6.07) is 4.14. The quantitative estimate of drug-likeness (QED) is 0.811. The molecule has 1 N–H and O–H groups in total. The number of aromatic nitrogens is 4. The van der Waals surface area contributed by atoms with E-state index < -0.39 is 0 Å². The van der Waals surface area contributed by atoms with E-state index in [0.717, 1.165) is 54.6 Å². The van der Waals surface area contributed by atoms with Gasteiger partial charge in [0.2, 0.25) is 0 Å². The third-order valence-corrected chi connectivity index (χ3v) is 6.36. The molecule has 4 heterocycles. The van der Waals surface area contributed by atoms with Crippen LogP contribution in [0.25, 0.3) is 0 Å². The zero-order valence-electron chi connectivity index (χ0n) is 15.5. The first-order valence-electron chi connectivity index (χ1n) is 9.71. The van der Waals surface area contributed by atoms with Gasteiger partial charge in [0.05, 0.1) is 12.2 Å². The highest BCUT2D eigenvalue weighted by atomic mass is 32.2. The number of nitrogens with zero attached hydrogens (tertiary/aromatic N) is 5. The predicted octanol–water partition coefficient (Wildman–Crippen LogP) is 1.79. The van der Waals surface area contributed by atoms with Gasteiger partial charge in [0.1, 0.15) is 12.1 Å². The highest BCUT2D eigenvalue weighted by Gasteiger charge is 2.22. The minimum Gasteiger partial charge on any atom is -0.368 e. The molecule has 4 rings (SSSR count). The van der Waals surface area contributed by atoms with Crippen LogP contribution in [0, 0.1) is 0 Å². The van der Waals surface area contributed by atoms with E-state index in [-0.39, 0.29) is 5.56 Å². The Labute approximate surface area is 163 Å². The molecular formula is C19H26N6OS. The lowest BCUT2D eigenvalue weighted by Gasteiger charge is -2.36. The number of piperidine rings is 1. The summed E-state index contributed by atoms with van der Waals surface area (Å²) in [7, 11) is 0. The van der Waals surface area contributed by atoms with Crippen LogP contribution in [0.4, 0.5) is 5.82 Å². The summed E-state index contributed by atoms with van der Waals surface area (Å²) in [6.45, 7) is 3.45. The third-order valence-electron chi connectivity index (χ3n) is 5.35. The van der Waals surface area contributed by atoms with Crippen LogP contribution in [-0.4, -0.2) is 56.1 Å². The molecule has 1 atom stereocenters. The Bertz CT molecular complexity index is 812. The molecule has 27 heavy (non-hydrogen) atoms. The summed E-state index contributed by atoms with van der Waals surface area (Å²) in [5.74, 6) is 2.88. The van der Waals surface area contributed by atoms with Crippen molar-refractivity contribution in [1.29, 1.82) is 0 Å². The van der Waals surface area contributed by atoms with Gasteiger partial charge in [-0.25, -0.2) is 14.6 Å². The van der Waals surface area contributed by atoms with Gasteiger partial charge in [-0.2, -0.15) is 16.9 Å². The maximum absolute atomic E-state index is 12.4. The van der Waals surface area contributed by atoms with Crippen LogP contribution in [0.1, 0.15) is 30.5 Å². The van der Waals surface area contributed by atoms with E-state index in [1.165, 1.54) is 19.3 Å². The van der Waals surface area contributed by atoms with E-state index >= 15 is 0 Å². The van der Waals surface area contributed by atoms with Crippen molar-refractivity contribution < 1.29 is 0 Å². The fraction of sp³-hybridized carbons (Fsp3) is 0.579. The summed E-state index contributed by atoms with van der Waals surface area (Å²) in [5, 5.41) is 8.06. The van der Waals surface area contributed by atoms with Gasteiger partial charge in [0.25, 0.3) is 5.56 Å². The van der Waals surface area contributed by atoms with Gasteiger partial charge in [0.15, 0.2) is 0 Å². The second-order valence-corrected chi connectivity index (χ2v) is 8.25. The molecule has 2 aromatic heterocycles. The van der Waals surface area contributed by atoms with Gasteiger partial charge in [-0.05, 0) is 36.8 Å². The van der Waals surface area contributed by atoms with Crippen LogP contribution in [0.2, 0.25) is 0 Å². The summed E-state index contributed by atoms with van der Waals surface area (Å²) in [5.41, 5.74) is 2.26. The van der Waals surface area contributed by atoms with Gasteiger partial charge >= 0.3 is 0 Å². The first-order valence-corrected chi connectivity index (χ1v) is 10.9. The van der Waals surface area contributed by atoms with Crippen LogP contribution in [-0.2, 0) is 18.7 Å². The molecular weight excluding hydrogens is 360 g/mol. The number of likely N-dealkylation sites (tertiary alicyclic amines) is 1. The van der Waals surface area contributed by atoms with Gasteiger partial charge in [-0.1, -0.05) is 6.42 Å². The fourth-order valence-electron chi connectivity index (χ4n) is 3.84. The van der Waals surface area contributed by atoms with E-state index in [1.807, 2.05) is 17.8 Å². The lowest BCUT2D eigenvalue weighted by molar-refractivity contribution is 0.147. The smallest absolute Gasteiger partial charge is 0.267 e. The monoisotopic (exact) mass is 386 g/mol. The van der Waals surface area contributed by atoms with Crippen molar-refractivity contribution in [3.63, 3.8) is 0 Å². The number of fused-ring (bicyclic) bond motifs is 1. The summed E-state index contributed by atoms with van der Waals surface area (Å²) in [4.78, 5) is 23.1. The molecule has 2 aliphatic rings. The van der Waals surface area contributed by atoms with Crippen LogP contribution >= 0.6 is 11.8 Å². The Balaban J connectivity index is 1.38. The van der Waals surface area contributed by atoms with E-state index in [9.17, 15) is 4.79 Å². The van der Waals surface area contributed by atoms with Crippen LogP contribution in [0.5, 0.6) is 0 Å². The lowest BCUT2D eigenvalue weighted by Crippen LogP contribution is -2.45. The van der Waals surface area contributed by atoms with Crippen molar-refractivity contribution in [2.24, 2.45) is 0 Å². The molecule has 1 fully saturated rings. The minimum absolute atomic E-state index is 0.0314. The molecule has 1 saturated heterocycles. The second-order valence-electron chi connectivity index (χ2n) is 7.14. The molecule has 0 amide bonds. The largest absolute Gasteiger partial charge is 0.368 e. The minimum atomic E-state index is 0.0314. The molecule has 8 heteroatoms. The molecule has 7 nitrogen and oxygen atoms in total. The maximum atomic E-state index is 12.4. The van der Waals surface area contributed by atoms with E-state index in [1.54, 1.807) is 23.3 Å². The topological polar surface area (TPSA) is 75.9 Å². The van der Waals surface area contributed by atoms with Crippen LogP contribution in [0.3, 0.4) is 0 Å². The Hall–Kier alpha value is -1.93. The lowest BCUT2D eigenvalue weighted by atomic mass is 10.0. The van der Waals surface area contributed by atoms with Crippen LogP contribution < -0.4 is 10.9 Å². The van der Waals surface area contributed by atoms with Gasteiger partial charge in [-0.15, -0.1) is 0 Å². The number of nitrogens with one attached hydrogen (secondary N) is 1. The fourth-order valence-corrected chi connectivity index (χ4v) is 4.79. The molecule has 0 spiro atoms. The Morgan fingerprint density at radius 2 is 2.26 bits per heavy atom. The average molecular weight is 387 g/mol. The Morgan fingerprint density at radius 1 is 1.30 bits per heavy atom.